The Hall–Kier alpha value is -1.10. The Bertz CT molecular complexity index is 358. The Balaban J connectivity index is 1.80. The molecule has 1 N–H and O–H groups in total. The van der Waals surface area contributed by atoms with Crippen LogP contribution in [0.5, 0.6) is 0 Å². The molecule has 3 atom stereocenters. The van der Waals surface area contributed by atoms with Crippen LogP contribution in [-0.2, 0) is 14.3 Å². The second kappa shape index (κ2) is 7.07. The summed E-state index contributed by atoms with van der Waals surface area (Å²) in [6.45, 7) is 2.95. The van der Waals surface area contributed by atoms with E-state index >= 15 is 0 Å². The summed E-state index contributed by atoms with van der Waals surface area (Å²) in [7, 11) is 0. The van der Waals surface area contributed by atoms with E-state index in [0.29, 0.717) is 12.5 Å². The van der Waals surface area contributed by atoms with Gasteiger partial charge in [0.05, 0.1) is 12.5 Å². The molecule has 1 heterocycles. The van der Waals surface area contributed by atoms with E-state index in [1.807, 2.05) is 0 Å². The molecule has 5 heteroatoms. The van der Waals surface area contributed by atoms with Gasteiger partial charge in [0, 0.05) is 12.6 Å². The topological polar surface area (TPSA) is 66.8 Å². The third kappa shape index (κ3) is 3.95. The van der Waals surface area contributed by atoms with Crippen molar-refractivity contribution >= 4 is 11.9 Å². The summed E-state index contributed by atoms with van der Waals surface area (Å²) in [6.07, 6.45) is 6.55. The van der Waals surface area contributed by atoms with Crippen molar-refractivity contribution in [3.05, 3.63) is 0 Å². The van der Waals surface area contributed by atoms with Crippen molar-refractivity contribution in [2.24, 2.45) is 5.92 Å². The van der Waals surface area contributed by atoms with Crippen molar-refractivity contribution in [2.75, 3.05) is 13.2 Å². The molecule has 1 aliphatic heterocycles. The number of carbonyl (C=O) groups is 2. The fourth-order valence-corrected chi connectivity index (χ4v) is 3.37. The van der Waals surface area contributed by atoms with Crippen LogP contribution in [0, 0.1) is 5.92 Å². The lowest BCUT2D eigenvalue weighted by Gasteiger charge is -2.30. The number of carboxylic acids is 1. The molecule has 1 saturated heterocycles. The van der Waals surface area contributed by atoms with Gasteiger partial charge < -0.3 is 14.7 Å². The molecule has 0 spiro atoms. The molecule has 3 unspecified atom stereocenters. The Morgan fingerprint density at radius 1 is 1.20 bits per heavy atom. The smallest absolute Gasteiger partial charge is 0.305 e. The summed E-state index contributed by atoms with van der Waals surface area (Å²) in [6, 6.07) is -0.146. The molecular formula is C15H25NO4. The van der Waals surface area contributed by atoms with Gasteiger partial charge in [0.2, 0.25) is 5.91 Å². The molecule has 1 amide bonds. The van der Waals surface area contributed by atoms with Crippen molar-refractivity contribution < 1.29 is 19.4 Å². The van der Waals surface area contributed by atoms with Crippen LogP contribution in [0.15, 0.2) is 0 Å². The number of amides is 1. The zero-order chi connectivity index (χ0) is 14.5. The largest absolute Gasteiger partial charge is 0.481 e. The first kappa shape index (κ1) is 15.3. The lowest BCUT2D eigenvalue weighted by atomic mass is 9.88. The highest BCUT2D eigenvalue weighted by atomic mass is 16.5. The van der Waals surface area contributed by atoms with Gasteiger partial charge >= 0.3 is 5.97 Å². The van der Waals surface area contributed by atoms with Gasteiger partial charge in [-0.05, 0) is 31.6 Å². The minimum absolute atomic E-state index is 0.0472. The maximum absolute atomic E-state index is 12.2. The molecule has 1 saturated carbocycles. The van der Waals surface area contributed by atoms with Crippen LogP contribution in [-0.4, -0.2) is 47.2 Å². The van der Waals surface area contributed by atoms with Crippen LogP contribution in [0.4, 0.5) is 0 Å². The van der Waals surface area contributed by atoms with Gasteiger partial charge in [-0.2, -0.15) is 0 Å². The molecule has 2 fully saturated rings. The normalized spacial score (nSPS) is 30.4. The maximum Gasteiger partial charge on any atom is 0.305 e. The average Bonchev–Trinajstić information content (AvgIpc) is 2.85. The van der Waals surface area contributed by atoms with Crippen LogP contribution < -0.4 is 0 Å². The lowest BCUT2D eigenvalue weighted by molar-refractivity contribution is -0.143. The van der Waals surface area contributed by atoms with Gasteiger partial charge in [-0.1, -0.05) is 19.8 Å². The number of carboxylic acid groups (broad SMARTS) is 1. The SMILES string of the molecule is CC1CCCCC1OCC(=O)N1CCCC1CC(=O)O. The predicted octanol–water partition coefficient (Wildman–Crippen LogP) is 2.05. The predicted molar refractivity (Wildman–Crippen MR) is 74.4 cm³/mol. The number of carbonyl (C=O) groups excluding carboxylic acids is 1. The fourth-order valence-electron chi connectivity index (χ4n) is 3.37. The van der Waals surface area contributed by atoms with Crippen LogP contribution in [0.3, 0.4) is 0 Å². The number of likely N-dealkylation sites (tertiary alicyclic amines) is 1. The van der Waals surface area contributed by atoms with Gasteiger partial charge in [0.1, 0.15) is 6.61 Å². The molecule has 114 valence electrons. The number of rotatable bonds is 5. The van der Waals surface area contributed by atoms with Crippen LogP contribution >= 0.6 is 0 Å². The van der Waals surface area contributed by atoms with Crippen molar-refractivity contribution in [1.82, 2.24) is 4.90 Å². The van der Waals surface area contributed by atoms with E-state index in [1.54, 1.807) is 4.90 Å². The van der Waals surface area contributed by atoms with Gasteiger partial charge in [0.15, 0.2) is 0 Å². The number of ether oxygens (including phenoxy) is 1. The van der Waals surface area contributed by atoms with E-state index in [-0.39, 0.29) is 31.1 Å². The van der Waals surface area contributed by atoms with Gasteiger partial charge in [0.25, 0.3) is 0 Å². The standard InChI is InChI=1S/C15H25NO4/c1-11-5-2-3-7-13(11)20-10-14(17)16-8-4-6-12(16)9-15(18)19/h11-13H,2-10H2,1H3,(H,18,19). The highest BCUT2D eigenvalue weighted by molar-refractivity contribution is 5.79. The Labute approximate surface area is 120 Å². The quantitative estimate of drug-likeness (QED) is 0.838. The molecule has 1 aliphatic carbocycles. The molecule has 0 aromatic rings. The number of aliphatic carboxylic acids is 1. The summed E-state index contributed by atoms with van der Waals surface area (Å²) in [5.41, 5.74) is 0. The Morgan fingerprint density at radius 2 is 1.95 bits per heavy atom. The van der Waals surface area contributed by atoms with Gasteiger partial charge in [-0.3, -0.25) is 9.59 Å². The van der Waals surface area contributed by atoms with Crippen LogP contribution in [0.25, 0.3) is 0 Å². The molecule has 5 nitrogen and oxygen atoms in total. The maximum atomic E-state index is 12.2. The fraction of sp³-hybridized carbons (Fsp3) is 0.867. The second-order valence-corrected chi connectivity index (χ2v) is 6.09. The summed E-state index contributed by atoms with van der Waals surface area (Å²) in [5, 5.41) is 8.87. The van der Waals surface area contributed by atoms with E-state index in [0.717, 1.165) is 19.3 Å². The van der Waals surface area contributed by atoms with Gasteiger partial charge in [-0.25, -0.2) is 0 Å². The monoisotopic (exact) mass is 283 g/mol. The van der Waals surface area contributed by atoms with E-state index in [1.165, 1.54) is 19.3 Å². The zero-order valence-electron chi connectivity index (χ0n) is 12.2. The van der Waals surface area contributed by atoms with Crippen molar-refractivity contribution in [3.63, 3.8) is 0 Å². The number of hydrogen-bond acceptors (Lipinski definition) is 3. The van der Waals surface area contributed by atoms with E-state index in [2.05, 4.69) is 6.92 Å². The van der Waals surface area contributed by atoms with Crippen molar-refractivity contribution in [3.8, 4) is 0 Å². The molecule has 0 aromatic carbocycles. The van der Waals surface area contributed by atoms with E-state index < -0.39 is 5.97 Å². The molecule has 0 bridgehead atoms. The summed E-state index contributed by atoms with van der Waals surface area (Å²) < 4.78 is 5.78. The summed E-state index contributed by atoms with van der Waals surface area (Å²) >= 11 is 0. The minimum atomic E-state index is -0.837. The van der Waals surface area contributed by atoms with Crippen LogP contribution in [0.1, 0.15) is 51.9 Å². The Kier molecular flexibility index (Phi) is 5.40. The Morgan fingerprint density at radius 3 is 2.65 bits per heavy atom. The first-order valence-corrected chi connectivity index (χ1v) is 7.71. The number of nitrogens with zero attached hydrogens (tertiary/aromatic N) is 1. The highest BCUT2D eigenvalue weighted by Crippen LogP contribution is 2.27. The minimum Gasteiger partial charge on any atom is -0.481 e. The third-order valence-electron chi connectivity index (χ3n) is 4.56. The zero-order valence-corrected chi connectivity index (χ0v) is 12.2. The molecule has 0 aromatic heterocycles. The summed E-state index contributed by atoms with van der Waals surface area (Å²) in [4.78, 5) is 24.7. The first-order valence-electron chi connectivity index (χ1n) is 7.71. The van der Waals surface area contributed by atoms with E-state index in [4.69, 9.17) is 9.84 Å². The average molecular weight is 283 g/mol. The molecule has 2 rings (SSSR count). The second-order valence-electron chi connectivity index (χ2n) is 6.09. The first-order chi connectivity index (χ1) is 9.58. The highest BCUT2D eigenvalue weighted by Gasteiger charge is 2.31. The van der Waals surface area contributed by atoms with Crippen LogP contribution in [0.2, 0.25) is 0 Å². The molecule has 0 radical (unpaired) electrons. The van der Waals surface area contributed by atoms with Crippen molar-refractivity contribution in [2.45, 2.75) is 64.0 Å². The molecule has 20 heavy (non-hydrogen) atoms. The van der Waals surface area contributed by atoms with Crippen molar-refractivity contribution in [1.29, 1.82) is 0 Å². The molecule has 2 aliphatic rings. The van der Waals surface area contributed by atoms with E-state index in [9.17, 15) is 9.59 Å². The third-order valence-corrected chi connectivity index (χ3v) is 4.56. The number of hydrogen-bond donors (Lipinski definition) is 1. The van der Waals surface area contributed by atoms with Gasteiger partial charge in [-0.15, -0.1) is 0 Å². The summed E-state index contributed by atoms with van der Waals surface area (Å²) in [5.74, 6) is -0.368. The lowest BCUT2D eigenvalue weighted by Crippen LogP contribution is -2.40. The molecular weight excluding hydrogens is 258 g/mol.